The molecular weight excluding hydrogens is 359 g/mol. The zero-order valence-electron chi connectivity index (χ0n) is 14.0. The lowest BCUT2D eigenvalue weighted by Crippen LogP contribution is -2.43. The van der Waals surface area contributed by atoms with Gasteiger partial charge in [-0.05, 0) is 62.3 Å². The van der Waals surface area contributed by atoms with Crippen LogP contribution in [0, 0.1) is 0 Å². The molecule has 6 heteroatoms. The summed E-state index contributed by atoms with van der Waals surface area (Å²) < 4.78 is 5.75. The molecule has 4 nitrogen and oxygen atoms in total. The van der Waals surface area contributed by atoms with Crippen LogP contribution in [0.3, 0.4) is 0 Å². The Morgan fingerprint density at radius 3 is 2.48 bits per heavy atom. The quantitative estimate of drug-likeness (QED) is 0.844. The van der Waals surface area contributed by atoms with E-state index in [0.29, 0.717) is 27.1 Å². The molecule has 1 aliphatic rings. The molecule has 0 radical (unpaired) electrons. The van der Waals surface area contributed by atoms with Crippen molar-refractivity contribution in [2.24, 2.45) is 0 Å². The molecule has 1 amide bonds. The van der Waals surface area contributed by atoms with Crippen molar-refractivity contribution in [2.75, 3.05) is 20.1 Å². The highest BCUT2D eigenvalue weighted by Crippen LogP contribution is 2.34. The summed E-state index contributed by atoms with van der Waals surface area (Å²) in [6.07, 6.45) is 1.97. The number of nitrogens with zero attached hydrogens (tertiary/aromatic N) is 1. The van der Waals surface area contributed by atoms with Crippen molar-refractivity contribution < 1.29 is 9.53 Å². The van der Waals surface area contributed by atoms with Gasteiger partial charge in [-0.25, -0.2) is 0 Å². The van der Waals surface area contributed by atoms with Gasteiger partial charge in [0.2, 0.25) is 0 Å². The van der Waals surface area contributed by atoms with Gasteiger partial charge in [0.15, 0.2) is 0 Å². The van der Waals surface area contributed by atoms with Gasteiger partial charge in [-0.2, -0.15) is 0 Å². The molecule has 0 saturated carbocycles. The lowest BCUT2D eigenvalue weighted by Gasteiger charge is -2.31. The number of carbonyl (C=O) groups is 1. The van der Waals surface area contributed by atoms with E-state index in [1.807, 2.05) is 11.9 Å². The summed E-state index contributed by atoms with van der Waals surface area (Å²) in [6.45, 7) is 1.91. The molecule has 1 aliphatic heterocycles. The van der Waals surface area contributed by atoms with Crippen LogP contribution in [-0.4, -0.2) is 37.0 Å². The first kappa shape index (κ1) is 18.1. The molecule has 0 bridgehead atoms. The molecule has 0 unspecified atom stereocenters. The fraction of sp³-hybridized carbons (Fsp3) is 0.316. The van der Waals surface area contributed by atoms with E-state index in [-0.39, 0.29) is 11.9 Å². The zero-order valence-corrected chi connectivity index (χ0v) is 15.5. The second kappa shape index (κ2) is 8.09. The number of hydrogen-bond acceptors (Lipinski definition) is 3. The van der Waals surface area contributed by atoms with Gasteiger partial charge in [0.05, 0.1) is 5.02 Å². The molecule has 132 valence electrons. The highest BCUT2D eigenvalue weighted by molar-refractivity contribution is 6.42. The van der Waals surface area contributed by atoms with E-state index in [0.717, 1.165) is 25.9 Å². The van der Waals surface area contributed by atoms with E-state index in [9.17, 15) is 4.79 Å². The SMILES string of the molecule is CN(C(=O)c1ccc(Oc2cccc(Cl)c2Cl)cc1)C1CCNCC1. The van der Waals surface area contributed by atoms with Crippen LogP contribution < -0.4 is 10.1 Å². The van der Waals surface area contributed by atoms with Crippen molar-refractivity contribution in [3.8, 4) is 11.5 Å². The highest BCUT2D eigenvalue weighted by atomic mass is 35.5. The van der Waals surface area contributed by atoms with Gasteiger partial charge < -0.3 is 15.0 Å². The number of piperidine rings is 1. The summed E-state index contributed by atoms with van der Waals surface area (Å²) in [5.41, 5.74) is 0.644. The molecule has 0 aliphatic carbocycles. The third-order valence-corrected chi connectivity index (χ3v) is 5.22. The van der Waals surface area contributed by atoms with Crippen LogP contribution in [0.4, 0.5) is 0 Å². The molecule has 1 saturated heterocycles. The maximum atomic E-state index is 12.6. The minimum Gasteiger partial charge on any atom is -0.456 e. The molecule has 1 heterocycles. The van der Waals surface area contributed by atoms with Gasteiger partial charge in [0, 0.05) is 18.7 Å². The monoisotopic (exact) mass is 378 g/mol. The van der Waals surface area contributed by atoms with Gasteiger partial charge in [-0.3, -0.25) is 4.79 Å². The number of halogens is 2. The lowest BCUT2D eigenvalue weighted by atomic mass is 10.0. The zero-order chi connectivity index (χ0) is 17.8. The van der Waals surface area contributed by atoms with E-state index in [1.165, 1.54) is 0 Å². The number of hydrogen-bond donors (Lipinski definition) is 1. The Morgan fingerprint density at radius 1 is 1.12 bits per heavy atom. The molecule has 3 rings (SSSR count). The van der Waals surface area contributed by atoms with Gasteiger partial charge >= 0.3 is 0 Å². The topological polar surface area (TPSA) is 41.6 Å². The normalized spacial score (nSPS) is 15.0. The Kier molecular flexibility index (Phi) is 5.84. The molecule has 2 aromatic rings. The van der Waals surface area contributed by atoms with E-state index in [1.54, 1.807) is 42.5 Å². The largest absolute Gasteiger partial charge is 0.456 e. The molecule has 0 atom stereocenters. The number of amides is 1. The van der Waals surface area contributed by atoms with E-state index in [4.69, 9.17) is 27.9 Å². The maximum Gasteiger partial charge on any atom is 0.253 e. The van der Waals surface area contributed by atoms with E-state index < -0.39 is 0 Å². The van der Waals surface area contributed by atoms with Crippen molar-refractivity contribution in [2.45, 2.75) is 18.9 Å². The van der Waals surface area contributed by atoms with Crippen LogP contribution in [0.5, 0.6) is 11.5 Å². The molecule has 0 spiro atoms. The summed E-state index contributed by atoms with van der Waals surface area (Å²) in [6, 6.07) is 12.6. The first-order valence-corrected chi connectivity index (χ1v) is 9.01. The van der Waals surface area contributed by atoms with Crippen LogP contribution >= 0.6 is 23.2 Å². The van der Waals surface area contributed by atoms with E-state index >= 15 is 0 Å². The average Bonchev–Trinajstić information content (AvgIpc) is 2.65. The molecule has 0 aromatic heterocycles. The molecule has 1 N–H and O–H groups in total. The second-order valence-electron chi connectivity index (χ2n) is 6.08. The van der Waals surface area contributed by atoms with Crippen molar-refractivity contribution in [1.29, 1.82) is 0 Å². The van der Waals surface area contributed by atoms with Crippen LogP contribution in [0.25, 0.3) is 0 Å². The maximum absolute atomic E-state index is 12.6. The highest BCUT2D eigenvalue weighted by Gasteiger charge is 2.22. The van der Waals surface area contributed by atoms with E-state index in [2.05, 4.69) is 5.32 Å². The summed E-state index contributed by atoms with van der Waals surface area (Å²) in [5, 5.41) is 4.12. The second-order valence-corrected chi connectivity index (χ2v) is 6.86. The summed E-state index contributed by atoms with van der Waals surface area (Å²) in [4.78, 5) is 14.5. The van der Waals surface area contributed by atoms with Crippen LogP contribution in [-0.2, 0) is 0 Å². The minimum absolute atomic E-state index is 0.0271. The van der Waals surface area contributed by atoms with Crippen LogP contribution in [0.2, 0.25) is 10.0 Å². The standard InChI is InChI=1S/C19H20Cl2N2O2/c1-23(14-9-11-22-12-10-14)19(24)13-5-7-15(8-6-13)25-17-4-2-3-16(20)18(17)21/h2-8,14,22H,9-12H2,1H3. The fourth-order valence-electron chi connectivity index (χ4n) is 2.92. The van der Waals surface area contributed by atoms with Crippen molar-refractivity contribution in [3.05, 3.63) is 58.1 Å². The number of ether oxygens (including phenoxy) is 1. The lowest BCUT2D eigenvalue weighted by molar-refractivity contribution is 0.0703. The van der Waals surface area contributed by atoms with Crippen LogP contribution in [0.1, 0.15) is 23.2 Å². The molecule has 1 fully saturated rings. The van der Waals surface area contributed by atoms with Crippen molar-refractivity contribution in [3.63, 3.8) is 0 Å². The molecule has 25 heavy (non-hydrogen) atoms. The van der Waals surface area contributed by atoms with Crippen molar-refractivity contribution >= 4 is 29.1 Å². The Balaban J connectivity index is 1.69. The smallest absolute Gasteiger partial charge is 0.253 e. The summed E-state index contributed by atoms with van der Waals surface area (Å²) >= 11 is 12.1. The van der Waals surface area contributed by atoms with Crippen LogP contribution in [0.15, 0.2) is 42.5 Å². The van der Waals surface area contributed by atoms with Gasteiger partial charge in [0.25, 0.3) is 5.91 Å². The Labute approximate surface area is 157 Å². The third kappa shape index (κ3) is 4.27. The third-order valence-electron chi connectivity index (χ3n) is 4.42. The summed E-state index contributed by atoms with van der Waals surface area (Å²) in [7, 11) is 1.87. The Bertz CT molecular complexity index is 744. The average molecular weight is 379 g/mol. The fourth-order valence-corrected chi connectivity index (χ4v) is 3.25. The number of carbonyl (C=O) groups excluding carboxylic acids is 1. The number of nitrogens with one attached hydrogen (secondary N) is 1. The molecular formula is C19H20Cl2N2O2. The first-order valence-electron chi connectivity index (χ1n) is 8.26. The Hall–Kier alpha value is -1.75. The summed E-state index contributed by atoms with van der Waals surface area (Å²) in [5.74, 6) is 1.12. The number of rotatable bonds is 4. The minimum atomic E-state index is 0.0271. The predicted molar refractivity (Wildman–Crippen MR) is 101 cm³/mol. The van der Waals surface area contributed by atoms with Gasteiger partial charge in [-0.1, -0.05) is 29.3 Å². The van der Waals surface area contributed by atoms with Gasteiger partial charge in [0.1, 0.15) is 16.5 Å². The predicted octanol–water partition coefficient (Wildman–Crippen LogP) is 4.61. The molecule has 2 aromatic carbocycles. The number of benzene rings is 2. The first-order chi connectivity index (χ1) is 12.1. The van der Waals surface area contributed by atoms with Crippen molar-refractivity contribution in [1.82, 2.24) is 10.2 Å². The Morgan fingerprint density at radius 2 is 1.80 bits per heavy atom. The van der Waals surface area contributed by atoms with Gasteiger partial charge in [-0.15, -0.1) is 0 Å².